The summed E-state index contributed by atoms with van der Waals surface area (Å²) in [5, 5.41) is 13.1. The fraction of sp³-hybridized carbons (Fsp3) is 0.273. The third-order valence-electron chi connectivity index (χ3n) is 4.41. The largest absolute Gasteiger partial charge is 0.486 e. The number of nitrogens with one attached hydrogen (secondary N) is 2. The molecule has 2 N–H and O–H groups in total. The zero-order valence-corrected chi connectivity index (χ0v) is 18.6. The number of hydrogen-bond donors (Lipinski definition) is 2. The van der Waals surface area contributed by atoms with E-state index in [9.17, 15) is 9.59 Å². The van der Waals surface area contributed by atoms with Crippen molar-refractivity contribution >= 4 is 29.4 Å². The van der Waals surface area contributed by atoms with Gasteiger partial charge in [-0.2, -0.15) is 0 Å². The predicted molar refractivity (Wildman–Crippen MR) is 120 cm³/mol. The summed E-state index contributed by atoms with van der Waals surface area (Å²) in [6.07, 6.45) is 0.0940. The van der Waals surface area contributed by atoms with Crippen molar-refractivity contribution in [3.63, 3.8) is 0 Å². The minimum atomic E-state index is -0.630. The number of benzene rings is 2. The van der Waals surface area contributed by atoms with Crippen LogP contribution in [-0.4, -0.2) is 41.1 Å². The Kier molecular flexibility index (Phi) is 7.30. The van der Waals surface area contributed by atoms with Crippen LogP contribution in [0.4, 0.5) is 10.5 Å². The molecule has 0 unspecified atom stereocenters. The van der Waals surface area contributed by atoms with Crippen LogP contribution in [0.15, 0.2) is 52.1 Å². The number of imide groups is 1. The lowest BCUT2D eigenvalue weighted by Gasteiger charge is -2.19. The maximum atomic E-state index is 12.1. The normalized spacial score (nSPS) is 12.2. The zero-order chi connectivity index (χ0) is 23.0. The minimum absolute atomic E-state index is 0.0940. The molecule has 0 saturated heterocycles. The van der Waals surface area contributed by atoms with Crippen LogP contribution in [0.2, 0.25) is 0 Å². The van der Waals surface area contributed by atoms with Gasteiger partial charge < -0.3 is 23.9 Å². The van der Waals surface area contributed by atoms with Crippen molar-refractivity contribution in [3.05, 3.63) is 53.9 Å². The molecule has 3 aromatic rings. The van der Waals surface area contributed by atoms with Gasteiger partial charge in [-0.1, -0.05) is 23.9 Å². The molecule has 1 aromatic heterocycles. The summed E-state index contributed by atoms with van der Waals surface area (Å²) >= 11 is 1.22. The number of thioether (sulfide) groups is 1. The van der Waals surface area contributed by atoms with E-state index in [2.05, 4.69) is 20.8 Å². The molecular weight excluding hydrogens is 448 g/mol. The number of carbonyl (C=O) groups is 2. The molecule has 4 rings (SSSR count). The summed E-state index contributed by atoms with van der Waals surface area (Å²) in [6, 6.07) is 12.0. The van der Waals surface area contributed by atoms with Gasteiger partial charge in [0.25, 0.3) is 11.1 Å². The number of nitrogens with zero attached hydrogens (tertiary/aromatic N) is 2. The van der Waals surface area contributed by atoms with Crippen molar-refractivity contribution in [2.24, 2.45) is 0 Å². The number of aryl methyl sites for hydroxylation is 1. The first-order valence-electron chi connectivity index (χ1n) is 10.2. The number of carbonyl (C=O) groups excluding carboxylic acids is 2. The molecule has 1 aliphatic rings. The number of amides is 3. The molecule has 2 heterocycles. The monoisotopic (exact) mass is 470 g/mol. The van der Waals surface area contributed by atoms with E-state index in [4.69, 9.17) is 18.6 Å². The Bertz CT molecular complexity index is 1140. The van der Waals surface area contributed by atoms with E-state index in [1.54, 1.807) is 18.2 Å². The second kappa shape index (κ2) is 10.7. The van der Waals surface area contributed by atoms with Crippen LogP contribution in [0.25, 0.3) is 0 Å². The molecule has 0 fully saturated rings. The van der Waals surface area contributed by atoms with Gasteiger partial charge >= 0.3 is 6.03 Å². The van der Waals surface area contributed by atoms with Crippen molar-refractivity contribution in [3.8, 4) is 17.2 Å². The predicted octanol–water partition coefficient (Wildman–Crippen LogP) is 3.56. The SMILES string of the molecule is Cc1cccc(OCc2nnc(SCCC(=O)NC(=O)Nc3ccc4c(c3)OCCO4)o2)c1. The van der Waals surface area contributed by atoms with Crippen molar-refractivity contribution < 1.29 is 28.2 Å². The molecule has 10 nitrogen and oxygen atoms in total. The molecule has 33 heavy (non-hydrogen) atoms. The highest BCUT2D eigenvalue weighted by Crippen LogP contribution is 2.32. The van der Waals surface area contributed by atoms with Crippen LogP contribution < -0.4 is 24.8 Å². The number of rotatable bonds is 8. The Morgan fingerprint density at radius 2 is 1.94 bits per heavy atom. The number of hydrogen-bond acceptors (Lipinski definition) is 9. The van der Waals surface area contributed by atoms with E-state index in [1.807, 2.05) is 31.2 Å². The third-order valence-corrected chi connectivity index (χ3v) is 5.23. The topological polar surface area (TPSA) is 125 Å². The number of urea groups is 1. The lowest BCUT2D eigenvalue weighted by Crippen LogP contribution is -2.34. The van der Waals surface area contributed by atoms with E-state index in [0.29, 0.717) is 53.0 Å². The Labute approximate surface area is 194 Å². The van der Waals surface area contributed by atoms with Gasteiger partial charge in [0.15, 0.2) is 18.1 Å². The third kappa shape index (κ3) is 6.62. The number of fused-ring (bicyclic) bond motifs is 1. The van der Waals surface area contributed by atoms with Gasteiger partial charge in [0.2, 0.25) is 5.91 Å². The first kappa shape index (κ1) is 22.5. The molecule has 3 amide bonds. The van der Waals surface area contributed by atoms with E-state index in [0.717, 1.165) is 5.56 Å². The standard InChI is InChI=1S/C22H22N4O6S/c1-14-3-2-4-16(11-14)31-13-20-25-26-22(32-20)33-10-7-19(27)24-21(28)23-15-5-6-17-18(12-15)30-9-8-29-17/h2-6,11-12H,7-10,13H2,1H3,(H2,23,24,27,28). The molecule has 0 saturated carbocycles. The highest BCUT2D eigenvalue weighted by Gasteiger charge is 2.14. The van der Waals surface area contributed by atoms with Gasteiger partial charge in [-0.25, -0.2) is 4.79 Å². The highest BCUT2D eigenvalue weighted by atomic mass is 32.2. The summed E-state index contributed by atoms with van der Waals surface area (Å²) < 4.78 is 22.0. The van der Waals surface area contributed by atoms with Crippen molar-refractivity contribution in [2.45, 2.75) is 25.2 Å². The van der Waals surface area contributed by atoms with Crippen LogP contribution in [-0.2, 0) is 11.4 Å². The Balaban J connectivity index is 1.16. The second-order valence-corrected chi connectivity index (χ2v) is 8.07. The van der Waals surface area contributed by atoms with Crippen molar-refractivity contribution in [2.75, 3.05) is 24.3 Å². The highest BCUT2D eigenvalue weighted by molar-refractivity contribution is 7.99. The van der Waals surface area contributed by atoms with Crippen LogP contribution in [0.5, 0.6) is 17.2 Å². The van der Waals surface area contributed by atoms with Crippen LogP contribution in [0, 0.1) is 6.92 Å². The van der Waals surface area contributed by atoms with E-state index in [-0.39, 0.29) is 13.0 Å². The number of aromatic nitrogens is 2. The summed E-state index contributed by atoms with van der Waals surface area (Å²) in [7, 11) is 0. The molecule has 2 aromatic carbocycles. The van der Waals surface area contributed by atoms with Gasteiger partial charge in [-0.3, -0.25) is 10.1 Å². The molecular formula is C22H22N4O6S. The maximum Gasteiger partial charge on any atom is 0.325 e. The Morgan fingerprint density at radius 3 is 2.79 bits per heavy atom. The molecule has 172 valence electrons. The quantitative estimate of drug-likeness (QED) is 0.475. The van der Waals surface area contributed by atoms with Crippen molar-refractivity contribution in [1.29, 1.82) is 0 Å². The van der Waals surface area contributed by atoms with Crippen molar-refractivity contribution in [1.82, 2.24) is 15.5 Å². The average Bonchev–Trinajstić information content (AvgIpc) is 3.25. The molecule has 0 atom stereocenters. The summed E-state index contributed by atoms with van der Waals surface area (Å²) in [5.41, 5.74) is 1.58. The molecule has 0 aliphatic carbocycles. The van der Waals surface area contributed by atoms with Gasteiger partial charge in [0, 0.05) is 23.9 Å². The smallest absolute Gasteiger partial charge is 0.325 e. The first-order chi connectivity index (χ1) is 16.0. The Morgan fingerprint density at radius 1 is 1.09 bits per heavy atom. The van der Waals surface area contributed by atoms with E-state index >= 15 is 0 Å². The van der Waals surface area contributed by atoms with Gasteiger partial charge in [0.1, 0.15) is 19.0 Å². The lowest BCUT2D eigenvalue weighted by atomic mass is 10.2. The van der Waals surface area contributed by atoms with Gasteiger partial charge in [0.05, 0.1) is 0 Å². The van der Waals surface area contributed by atoms with Crippen LogP contribution >= 0.6 is 11.8 Å². The molecule has 0 bridgehead atoms. The van der Waals surface area contributed by atoms with E-state index in [1.165, 1.54) is 11.8 Å². The molecule has 1 aliphatic heterocycles. The summed E-state index contributed by atoms with van der Waals surface area (Å²) in [4.78, 5) is 24.1. The summed E-state index contributed by atoms with van der Waals surface area (Å²) in [5.74, 6) is 2.15. The lowest BCUT2D eigenvalue weighted by molar-refractivity contribution is -0.119. The van der Waals surface area contributed by atoms with E-state index < -0.39 is 11.9 Å². The van der Waals surface area contributed by atoms with Gasteiger partial charge in [-0.15, -0.1) is 10.2 Å². The Hall–Kier alpha value is -3.73. The fourth-order valence-corrected chi connectivity index (χ4v) is 3.62. The second-order valence-electron chi connectivity index (χ2n) is 7.03. The number of anilines is 1. The maximum absolute atomic E-state index is 12.1. The molecule has 0 spiro atoms. The average molecular weight is 471 g/mol. The van der Waals surface area contributed by atoms with Crippen LogP contribution in [0.3, 0.4) is 0 Å². The molecule has 11 heteroatoms. The minimum Gasteiger partial charge on any atom is -0.486 e. The molecule has 0 radical (unpaired) electrons. The zero-order valence-electron chi connectivity index (χ0n) is 17.8. The van der Waals surface area contributed by atoms with Crippen LogP contribution in [0.1, 0.15) is 17.9 Å². The summed E-state index contributed by atoms with van der Waals surface area (Å²) in [6.45, 7) is 3.06. The first-order valence-corrected chi connectivity index (χ1v) is 11.2. The van der Waals surface area contributed by atoms with Gasteiger partial charge in [-0.05, 0) is 36.8 Å². The number of ether oxygens (including phenoxy) is 3. The fourth-order valence-electron chi connectivity index (χ4n) is 2.91.